The van der Waals surface area contributed by atoms with Crippen LogP contribution in [0.15, 0.2) is 48.5 Å². The Labute approximate surface area is 209 Å². The van der Waals surface area contributed by atoms with Crippen molar-refractivity contribution in [2.75, 3.05) is 18.1 Å². The number of nitrogens with zero attached hydrogens (tertiary/aromatic N) is 3. The molecule has 3 aromatic rings. The fourth-order valence-electron chi connectivity index (χ4n) is 3.30. The number of unbranched alkanes of at least 4 members (excludes halogenated alkanes) is 1. The number of nitrogens with two attached hydrogens (primary N) is 2. The number of ether oxygens (including phenoxy) is 1. The van der Waals surface area contributed by atoms with Gasteiger partial charge in [0.25, 0.3) is 0 Å². The lowest BCUT2D eigenvalue weighted by Gasteiger charge is -2.33. The minimum Gasteiger partial charge on any atom is -0.494 e. The maximum atomic E-state index is 13.5. The van der Waals surface area contributed by atoms with E-state index in [1.54, 1.807) is 48.5 Å². The van der Waals surface area contributed by atoms with Gasteiger partial charge in [0.2, 0.25) is 11.9 Å². The zero-order chi connectivity index (χ0) is 28.4. The van der Waals surface area contributed by atoms with Crippen LogP contribution in [0.5, 0.6) is 5.75 Å². The van der Waals surface area contributed by atoms with Gasteiger partial charge in [0, 0.05) is 12.0 Å². The van der Waals surface area contributed by atoms with E-state index in [-0.39, 0.29) is 24.9 Å². The minimum absolute atomic E-state index is 0.0261. The standard InChI is InChI=1S/C23H20F9N5O/c24-20(25,21(26,27)22(28,29)23(30,31)32)11-1-2-12-38-16-9-7-14(8-10-16)13-3-5-15(6-4-13)17-35-18(33)37-19(34)36-17/h3-10H,1-2,11-12H2,(H4,33,34,35,36,37). The summed E-state index contributed by atoms with van der Waals surface area (Å²) in [6, 6.07) is 13.5. The van der Waals surface area contributed by atoms with E-state index < -0.39 is 36.8 Å². The van der Waals surface area contributed by atoms with Gasteiger partial charge in [-0.15, -0.1) is 0 Å². The summed E-state index contributed by atoms with van der Waals surface area (Å²) in [5, 5.41) is 0. The van der Waals surface area contributed by atoms with Gasteiger partial charge in [0.15, 0.2) is 5.82 Å². The fourth-order valence-corrected chi connectivity index (χ4v) is 3.30. The van der Waals surface area contributed by atoms with E-state index in [0.717, 1.165) is 11.1 Å². The summed E-state index contributed by atoms with van der Waals surface area (Å²) in [5.41, 5.74) is 13.3. The van der Waals surface area contributed by atoms with Crippen molar-refractivity contribution >= 4 is 11.9 Å². The Morgan fingerprint density at radius 1 is 0.605 bits per heavy atom. The van der Waals surface area contributed by atoms with E-state index in [0.29, 0.717) is 17.1 Å². The fraction of sp³-hybridized carbons (Fsp3) is 0.348. The Balaban J connectivity index is 1.52. The van der Waals surface area contributed by atoms with Gasteiger partial charge in [-0.3, -0.25) is 0 Å². The van der Waals surface area contributed by atoms with Crippen molar-refractivity contribution in [1.82, 2.24) is 15.0 Å². The van der Waals surface area contributed by atoms with Crippen LogP contribution in [0.3, 0.4) is 0 Å². The molecule has 1 heterocycles. The molecule has 0 aliphatic rings. The minimum atomic E-state index is -6.88. The quantitative estimate of drug-likeness (QED) is 0.223. The third-order valence-electron chi connectivity index (χ3n) is 5.36. The zero-order valence-corrected chi connectivity index (χ0v) is 19.3. The van der Waals surface area contributed by atoms with Crippen molar-refractivity contribution in [1.29, 1.82) is 0 Å². The van der Waals surface area contributed by atoms with Gasteiger partial charge >= 0.3 is 23.9 Å². The number of hydrogen-bond donors (Lipinski definition) is 2. The SMILES string of the molecule is Nc1nc(N)nc(-c2ccc(-c3ccc(OCCCCC(F)(F)C(F)(F)C(F)(F)C(F)(F)F)cc3)cc2)n1. The second-order valence-corrected chi connectivity index (χ2v) is 8.13. The number of nitrogen functional groups attached to an aromatic ring is 2. The summed E-state index contributed by atoms with van der Waals surface area (Å²) >= 11 is 0. The van der Waals surface area contributed by atoms with Gasteiger partial charge in [-0.05, 0) is 36.1 Å². The molecule has 0 saturated heterocycles. The van der Waals surface area contributed by atoms with Crippen molar-refractivity contribution in [3.05, 3.63) is 48.5 Å². The Bertz CT molecular complexity index is 1210. The number of benzene rings is 2. The van der Waals surface area contributed by atoms with Crippen LogP contribution >= 0.6 is 0 Å². The summed E-state index contributed by atoms with van der Waals surface area (Å²) < 4.78 is 121. The van der Waals surface area contributed by atoms with Crippen LogP contribution < -0.4 is 16.2 Å². The largest absolute Gasteiger partial charge is 0.494 e. The van der Waals surface area contributed by atoms with Gasteiger partial charge in [0.05, 0.1) is 6.61 Å². The van der Waals surface area contributed by atoms with Gasteiger partial charge < -0.3 is 16.2 Å². The summed E-state index contributed by atoms with van der Waals surface area (Å²) in [7, 11) is 0. The molecule has 4 N–H and O–H groups in total. The van der Waals surface area contributed by atoms with Crippen LogP contribution in [-0.2, 0) is 0 Å². The predicted octanol–water partition coefficient (Wildman–Crippen LogP) is 6.39. The van der Waals surface area contributed by atoms with E-state index in [1.165, 1.54) is 0 Å². The molecule has 2 aromatic carbocycles. The summed E-state index contributed by atoms with van der Waals surface area (Å²) in [5.74, 6) is -18.5. The van der Waals surface area contributed by atoms with Crippen molar-refractivity contribution < 1.29 is 44.3 Å². The number of alkyl halides is 9. The van der Waals surface area contributed by atoms with E-state index in [1.807, 2.05) is 0 Å². The van der Waals surface area contributed by atoms with Crippen LogP contribution in [0, 0.1) is 0 Å². The van der Waals surface area contributed by atoms with Crippen LogP contribution in [0.4, 0.5) is 51.4 Å². The molecule has 0 aliphatic carbocycles. The average Bonchev–Trinajstić information content (AvgIpc) is 2.83. The van der Waals surface area contributed by atoms with Gasteiger partial charge in [0.1, 0.15) is 5.75 Å². The zero-order valence-electron chi connectivity index (χ0n) is 19.3. The highest BCUT2D eigenvalue weighted by atomic mass is 19.4. The van der Waals surface area contributed by atoms with Gasteiger partial charge in [-0.25, -0.2) is 0 Å². The molecule has 0 aliphatic heterocycles. The molecule has 38 heavy (non-hydrogen) atoms. The molecule has 3 rings (SSSR count). The third kappa shape index (κ3) is 6.02. The first-order valence-electron chi connectivity index (χ1n) is 10.9. The maximum Gasteiger partial charge on any atom is 0.460 e. The number of anilines is 2. The molecule has 15 heteroatoms. The molecular weight excluding hydrogens is 533 g/mol. The molecule has 0 spiro atoms. The number of hydrogen-bond acceptors (Lipinski definition) is 6. The second kappa shape index (κ2) is 10.5. The first-order valence-corrected chi connectivity index (χ1v) is 10.9. The molecule has 0 saturated carbocycles. The molecular formula is C23H20F9N5O. The number of aromatic nitrogens is 3. The molecule has 0 fully saturated rings. The molecule has 0 unspecified atom stereocenters. The first kappa shape index (κ1) is 28.8. The first-order chi connectivity index (χ1) is 17.5. The Morgan fingerprint density at radius 3 is 1.58 bits per heavy atom. The lowest BCUT2D eigenvalue weighted by Crippen LogP contribution is -2.60. The Kier molecular flexibility index (Phi) is 7.98. The van der Waals surface area contributed by atoms with Crippen molar-refractivity contribution in [3.63, 3.8) is 0 Å². The average molecular weight is 553 g/mol. The monoisotopic (exact) mass is 553 g/mol. The number of halogens is 9. The highest BCUT2D eigenvalue weighted by Gasteiger charge is 2.81. The highest BCUT2D eigenvalue weighted by Crippen LogP contribution is 2.54. The lowest BCUT2D eigenvalue weighted by molar-refractivity contribution is -0.396. The van der Waals surface area contributed by atoms with Gasteiger partial charge in [-0.1, -0.05) is 36.4 Å². The van der Waals surface area contributed by atoms with E-state index >= 15 is 0 Å². The highest BCUT2D eigenvalue weighted by molar-refractivity contribution is 5.68. The summed E-state index contributed by atoms with van der Waals surface area (Å²) in [6.07, 6.45) is -9.78. The second-order valence-electron chi connectivity index (χ2n) is 8.13. The van der Waals surface area contributed by atoms with E-state index in [4.69, 9.17) is 16.2 Å². The predicted molar refractivity (Wildman–Crippen MR) is 120 cm³/mol. The van der Waals surface area contributed by atoms with Crippen LogP contribution in [0.2, 0.25) is 0 Å². The topological polar surface area (TPSA) is 99.9 Å². The molecule has 206 valence electrons. The van der Waals surface area contributed by atoms with E-state index in [9.17, 15) is 39.5 Å². The van der Waals surface area contributed by atoms with Gasteiger partial charge in [-0.2, -0.15) is 54.5 Å². The molecule has 0 atom stereocenters. The Morgan fingerprint density at radius 2 is 1.08 bits per heavy atom. The molecule has 0 radical (unpaired) electrons. The molecule has 1 aromatic heterocycles. The van der Waals surface area contributed by atoms with Crippen molar-refractivity contribution in [2.45, 2.75) is 43.2 Å². The van der Waals surface area contributed by atoms with E-state index in [2.05, 4.69) is 15.0 Å². The molecule has 6 nitrogen and oxygen atoms in total. The van der Waals surface area contributed by atoms with Crippen LogP contribution in [-0.4, -0.2) is 45.5 Å². The maximum absolute atomic E-state index is 13.5. The normalized spacial score (nSPS) is 13.0. The van der Waals surface area contributed by atoms with Crippen LogP contribution in [0.1, 0.15) is 19.3 Å². The van der Waals surface area contributed by atoms with Crippen molar-refractivity contribution in [2.24, 2.45) is 0 Å². The number of rotatable bonds is 10. The molecule has 0 amide bonds. The smallest absolute Gasteiger partial charge is 0.460 e. The molecule has 0 bridgehead atoms. The lowest BCUT2D eigenvalue weighted by atomic mass is 9.99. The summed E-state index contributed by atoms with van der Waals surface area (Å²) in [4.78, 5) is 11.7. The summed E-state index contributed by atoms with van der Waals surface area (Å²) in [6.45, 7) is -0.260. The van der Waals surface area contributed by atoms with Crippen LogP contribution in [0.25, 0.3) is 22.5 Å². The Hall–Kier alpha value is -3.78. The third-order valence-corrected chi connectivity index (χ3v) is 5.36. The van der Waals surface area contributed by atoms with Crippen molar-refractivity contribution in [3.8, 4) is 28.3 Å².